The van der Waals surface area contributed by atoms with Crippen molar-refractivity contribution in [2.24, 2.45) is 0 Å². The van der Waals surface area contributed by atoms with E-state index in [-0.39, 0.29) is 6.61 Å². The molecule has 0 bridgehead atoms. The monoisotopic (exact) mass is 240 g/mol. The number of hydrogen-bond acceptors (Lipinski definition) is 2. The van der Waals surface area contributed by atoms with Gasteiger partial charge in [-0.05, 0) is 34.5 Å². The Morgan fingerprint density at radius 1 is 1.62 bits per heavy atom. The highest BCUT2D eigenvalue weighted by Crippen LogP contribution is 2.22. The number of aliphatic hydroxyl groups is 1. The van der Waals surface area contributed by atoms with Crippen molar-refractivity contribution in [2.45, 2.75) is 13.5 Å². The van der Waals surface area contributed by atoms with Crippen molar-refractivity contribution < 1.29 is 5.11 Å². The number of fused-ring (bicyclic) bond motifs is 1. The van der Waals surface area contributed by atoms with E-state index in [2.05, 4.69) is 25.9 Å². The lowest BCUT2D eigenvalue weighted by molar-refractivity contribution is 0.277. The molecule has 0 atom stereocenters. The first-order valence-corrected chi connectivity index (χ1v) is 4.75. The molecule has 2 rings (SSSR count). The van der Waals surface area contributed by atoms with E-state index in [0.717, 1.165) is 26.8 Å². The number of aryl methyl sites for hydroxylation is 1. The van der Waals surface area contributed by atoms with Crippen molar-refractivity contribution in [3.05, 3.63) is 28.0 Å². The second kappa shape index (κ2) is 3.12. The van der Waals surface area contributed by atoms with Gasteiger partial charge in [0.25, 0.3) is 0 Å². The highest BCUT2D eigenvalue weighted by atomic mass is 79.9. The molecule has 0 amide bonds. The summed E-state index contributed by atoms with van der Waals surface area (Å²) in [6.45, 7) is 2.00. The maximum atomic E-state index is 9.02. The molecule has 0 fully saturated rings. The van der Waals surface area contributed by atoms with Crippen LogP contribution in [0.3, 0.4) is 0 Å². The van der Waals surface area contributed by atoms with Crippen LogP contribution < -0.4 is 0 Å². The van der Waals surface area contributed by atoms with Crippen molar-refractivity contribution >= 4 is 27.0 Å². The highest BCUT2D eigenvalue weighted by molar-refractivity contribution is 9.10. The highest BCUT2D eigenvalue weighted by Gasteiger charge is 2.07. The van der Waals surface area contributed by atoms with Crippen molar-refractivity contribution in [3.8, 4) is 0 Å². The van der Waals surface area contributed by atoms with Crippen LogP contribution >= 0.6 is 15.9 Å². The van der Waals surface area contributed by atoms with Crippen LogP contribution in [0.4, 0.5) is 0 Å². The molecule has 4 heteroatoms. The van der Waals surface area contributed by atoms with Crippen LogP contribution in [-0.4, -0.2) is 15.1 Å². The third-order valence-corrected chi connectivity index (χ3v) is 2.57. The largest absolute Gasteiger partial charge is 0.390 e. The molecule has 0 aromatic carbocycles. The van der Waals surface area contributed by atoms with Crippen molar-refractivity contribution in [1.29, 1.82) is 0 Å². The Morgan fingerprint density at radius 3 is 3.08 bits per heavy atom. The average molecular weight is 241 g/mol. The van der Waals surface area contributed by atoms with Gasteiger partial charge in [0.1, 0.15) is 5.65 Å². The number of nitrogens with zero attached hydrogens (tertiary/aromatic N) is 1. The Labute approximate surface area is 83.9 Å². The predicted molar refractivity (Wildman–Crippen MR) is 54.5 cm³/mol. The average Bonchev–Trinajstić information content (AvgIpc) is 2.44. The second-order valence-corrected chi connectivity index (χ2v) is 3.85. The molecule has 0 aliphatic rings. The van der Waals surface area contributed by atoms with E-state index in [1.165, 1.54) is 0 Å². The van der Waals surface area contributed by atoms with Gasteiger partial charge in [-0.3, -0.25) is 0 Å². The first-order chi connectivity index (χ1) is 6.22. The molecule has 2 heterocycles. The first kappa shape index (κ1) is 8.72. The number of H-pyrrole nitrogens is 1. The van der Waals surface area contributed by atoms with Gasteiger partial charge in [0.2, 0.25) is 0 Å². The fraction of sp³-hybridized carbons (Fsp3) is 0.222. The zero-order valence-corrected chi connectivity index (χ0v) is 8.72. The van der Waals surface area contributed by atoms with Crippen LogP contribution in [0.5, 0.6) is 0 Å². The summed E-state index contributed by atoms with van der Waals surface area (Å²) in [7, 11) is 0. The fourth-order valence-corrected chi connectivity index (χ4v) is 1.71. The lowest BCUT2D eigenvalue weighted by atomic mass is 10.2. The second-order valence-electron chi connectivity index (χ2n) is 2.94. The van der Waals surface area contributed by atoms with E-state index >= 15 is 0 Å². The normalized spacial score (nSPS) is 11.0. The van der Waals surface area contributed by atoms with E-state index in [1.807, 2.05) is 13.0 Å². The molecule has 2 aromatic heterocycles. The van der Waals surface area contributed by atoms with Crippen molar-refractivity contribution in [2.75, 3.05) is 0 Å². The van der Waals surface area contributed by atoms with E-state index in [1.54, 1.807) is 6.20 Å². The van der Waals surface area contributed by atoms with Crippen LogP contribution in [-0.2, 0) is 6.61 Å². The molecule has 0 saturated heterocycles. The number of rotatable bonds is 1. The molecular formula is C9H9BrN2O. The maximum absolute atomic E-state index is 9.02. The topological polar surface area (TPSA) is 48.9 Å². The molecule has 0 saturated carbocycles. The molecule has 13 heavy (non-hydrogen) atoms. The quantitative estimate of drug-likeness (QED) is 0.803. The molecular weight excluding hydrogens is 232 g/mol. The Balaban J connectivity index is 2.77. The SMILES string of the molecule is Cc1c(CO)[nH]c2ncc(Br)cc12. The Kier molecular flexibility index (Phi) is 2.09. The van der Waals surface area contributed by atoms with Gasteiger partial charge in [0.15, 0.2) is 0 Å². The third-order valence-electron chi connectivity index (χ3n) is 2.14. The number of hydrogen-bond donors (Lipinski definition) is 2. The number of nitrogens with one attached hydrogen (secondary N) is 1. The van der Waals surface area contributed by atoms with Gasteiger partial charge in [-0.15, -0.1) is 0 Å². The number of pyridine rings is 1. The van der Waals surface area contributed by atoms with Crippen molar-refractivity contribution in [3.63, 3.8) is 0 Å². The molecule has 0 aliphatic carbocycles. The lowest BCUT2D eigenvalue weighted by Crippen LogP contribution is -1.84. The summed E-state index contributed by atoms with van der Waals surface area (Å²) in [4.78, 5) is 7.26. The van der Waals surface area contributed by atoms with Crippen LogP contribution in [0.2, 0.25) is 0 Å². The minimum Gasteiger partial charge on any atom is -0.390 e. The van der Waals surface area contributed by atoms with Gasteiger partial charge in [0, 0.05) is 21.7 Å². The summed E-state index contributed by atoms with van der Waals surface area (Å²) in [6, 6.07) is 1.99. The molecule has 0 aliphatic heterocycles. The van der Waals surface area contributed by atoms with E-state index < -0.39 is 0 Å². The summed E-state index contributed by atoms with van der Waals surface area (Å²) < 4.78 is 0.951. The van der Waals surface area contributed by atoms with Crippen LogP contribution in [0.15, 0.2) is 16.7 Å². The van der Waals surface area contributed by atoms with Gasteiger partial charge in [0.05, 0.1) is 6.61 Å². The van der Waals surface area contributed by atoms with Crippen LogP contribution in [0.1, 0.15) is 11.3 Å². The molecule has 68 valence electrons. The number of aromatic nitrogens is 2. The van der Waals surface area contributed by atoms with E-state index in [9.17, 15) is 0 Å². The van der Waals surface area contributed by atoms with Crippen LogP contribution in [0.25, 0.3) is 11.0 Å². The molecule has 2 N–H and O–H groups in total. The Bertz CT molecular complexity index is 450. The zero-order chi connectivity index (χ0) is 9.42. The number of aromatic amines is 1. The minimum absolute atomic E-state index is 0.0276. The summed E-state index contributed by atoms with van der Waals surface area (Å²) in [5.74, 6) is 0. The van der Waals surface area contributed by atoms with Crippen molar-refractivity contribution in [1.82, 2.24) is 9.97 Å². The summed E-state index contributed by atoms with van der Waals surface area (Å²) in [5, 5.41) is 10.1. The van der Waals surface area contributed by atoms with E-state index in [0.29, 0.717) is 0 Å². The number of aliphatic hydroxyl groups excluding tert-OH is 1. The Hall–Kier alpha value is -0.870. The smallest absolute Gasteiger partial charge is 0.137 e. The first-order valence-electron chi connectivity index (χ1n) is 3.96. The number of halogens is 1. The summed E-state index contributed by atoms with van der Waals surface area (Å²) >= 11 is 3.36. The summed E-state index contributed by atoms with van der Waals surface area (Å²) in [5.41, 5.74) is 2.72. The van der Waals surface area contributed by atoms with Gasteiger partial charge in [-0.25, -0.2) is 4.98 Å². The lowest BCUT2D eigenvalue weighted by Gasteiger charge is -1.92. The standard InChI is InChI=1S/C9H9BrN2O/c1-5-7-2-6(10)3-11-9(7)12-8(5)4-13/h2-3,13H,4H2,1H3,(H,11,12). The van der Waals surface area contributed by atoms with Gasteiger partial charge < -0.3 is 10.1 Å². The summed E-state index contributed by atoms with van der Waals surface area (Å²) in [6.07, 6.45) is 1.74. The Morgan fingerprint density at radius 2 is 2.38 bits per heavy atom. The molecule has 0 unspecified atom stereocenters. The van der Waals surface area contributed by atoms with E-state index in [4.69, 9.17) is 5.11 Å². The molecule has 0 radical (unpaired) electrons. The minimum atomic E-state index is 0.0276. The maximum Gasteiger partial charge on any atom is 0.137 e. The van der Waals surface area contributed by atoms with Gasteiger partial charge in [-0.2, -0.15) is 0 Å². The zero-order valence-electron chi connectivity index (χ0n) is 7.13. The molecule has 2 aromatic rings. The molecule has 0 spiro atoms. The van der Waals surface area contributed by atoms with Gasteiger partial charge >= 0.3 is 0 Å². The fourth-order valence-electron chi connectivity index (χ4n) is 1.38. The third kappa shape index (κ3) is 1.36. The van der Waals surface area contributed by atoms with Crippen LogP contribution in [0, 0.1) is 6.92 Å². The molecule has 3 nitrogen and oxygen atoms in total. The predicted octanol–water partition coefficient (Wildman–Crippen LogP) is 2.13. The van der Waals surface area contributed by atoms with Gasteiger partial charge in [-0.1, -0.05) is 0 Å².